The molecule has 0 radical (unpaired) electrons. The van der Waals surface area contributed by atoms with Crippen LogP contribution in [0.4, 0.5) is 17.1 Å². The molecule has 2 aliphatic carbocycles. The summed E-state index contributed by atoms with van der Waals surface area (Å²) in [6.45, 7) is 0. The summed E-state index contributed by atoms with van der Waals surface area (Å²) in [7, 11) is 0. The molecule has 1 heterocycles. The fourth-order valence-corrected chi connectivity index (χ4v) is 9.75. The molecule has 1 atom stereocenters. The Bertz CT molecular complexity index is 3140. The van der Waals surface area contributed by atoms with Gasteiger partial charge in [0.1, 0.15) is 11.2 Å². The van der Waals surface area contributed by atoms with Gasteiger partial charge < -0.3 is 9.32 Å². The van der Waals surface area contributed by atoms with Crippen molar-refractivity contribution < 1.29 is 4.42 Å². The predicted molar refractivity (Wildman–Crippen MR) is 220 cm³/mol. The number of hydrogen-bond donors (Lipinski definition) is 0. The molecule has 9 aromatic carbocycles. The normalized spacial score (nSPS) is 15.2. The summed E-state index contributed by atoms with van der Waals surface area (Å²) < 4.78 is 6.78. The third-order valence-corrected chi connectivity index (χ3v) is 11.8. The molecule has 0 saturated heterocycles. The summed E-state index contributed by atoms with van der Waals surface area (Å²) in [5.74, 6) is 0. The predicted octanol–water partition coefficient (Wildman–Crippen LogP) is 13.7. The fraction of sp³-hybridized carbons (Fsp3) is 0.0196. The van der Waals surface area contributed by atoms with Crippen LogP contribution in [0.25, 0.3) is 65.7 Å². The number of benzene rings is 9. The Morgan fingerprint density at radius 3 is 1.87 bits per heavy atom. The lowest BCUT2D eigenvalue weighted by Crippen LogP contribution is -2.26. The average Bonchev–Trinajstić information content (AvgIpc) is 3.85. The van der Waals surface area contributed by atoms with Crippen molar-refractivity contribution in [3.63, 3.8) is 0 Å². The molecule has 1 aromatic heterocycles. The van der Waals surface area contributed by atoms with Gasteiger partial charge in [-0.2, -0.15) is 0 Å². The number of fused-ring (bicyclic) bond motifs is 17. The van der Waals surface area contributed by atoms with Gasteiger partial charge in [-0.1, -0.05) is 152 Å². The van der Waals surface area contributed by atoms with Crippen LogP contribution in [0.3, 0.4) is 0 Å². The number of furan rings is 1. The number of nitrogens with zero attached hydrogens (tertiary/aromatic N) is 1. The average molecular weight is 674 g/mol. The van der Waals surface area contributed by atoms with E-state index >= 15 is 0 Å². The van der Waals surface area contributed by atoms with Crippen LogP contribution < -0.4 is 4.90 Å². The van der Waals surface area contributed by atoms with Crippen LogP contribution in [-0.4, -0.2) is 0 Å². The quantitative estimate of drug-likeness (QED) is 0.174. The van der Waals surface area contributed by atoms with Gasteiger partial charge in [-0.25, -0.2) is 0 Å². The Labute approximate surface area is 306 Å². The van der Waals surface area contributed by atoms with Crippen molar-refractivity contribution in [3.8, 4) is 22.3 Å². The summed E-state index contributed by atoms with van der Waals surface area (Å²) in [5.41, 5.74) is 14.9. The van der Waals surface area contributed by atoms with E-state index in [0.717, 1.165) is 39.0 Å². The van der Waals surface area contributed by atoms with Gasteiger partial charge in [0, 0.05) is 33.1 Å². The number of rotatable bonds is 3. The largest absolute Gasteiger partial charge is 0.455 e. The molecule has 0 fully saturated rings. The first-order chi connectivity index (χ1) is 26.3. The van der Waals surface area contributed by atoms with Gasteiger partial charge in [-0.15, -0.1) is 0 Å². The highest BCUT2D eigenvalue weighted by Crippen LogP contribution is 2.64. The molecular weight excluding hydrogens is 643 g/mol. The fourth-order valence-electron chi connectivity index (χ4n) is 9.75. The van der Waals surface area contributed by atoms with Crippen molar-refractivity contribution >= 4 is 60.5 Å². The van der Waals surface area contributed by atoms with Crippen LogP contribution in [0.5, 0.6) is 0 Å². The van der Waals surface area contributed by atoms with Gasteiger partial charge in [-0.05, 0) is 91.5 Å². The second kappa shape index (κ2) is 10.6. The highest BCUT2D eigenvalue weighted by atomic mass is 16.3. The zero-order valence-corrected chi connectivity index (χ0v) is 28.8. The molecule has 0 aliphatic heterocycles. The first-order valence-electron chi connectivity index (χ1n) is 18.4. The zero-order chi connectivity index (χ0) is 34.7. The van der Waals surface area contributed by atoms with Gasteiger partial charge in [0.25, 0.3) is 0 Å². The Hall–Kier alpha value is -6.90. The highest BCUT2D eigenvalue weighted by molar-refractivity contribution is 6.15. The maximum absolute atomic E-state index is 6.78. The van der Waals surface area contributed by atoms with E-state index in [1.807, 2.05) is 0 Å². The lowest BCUT2D eigenvalue weighted by Gasteiger charge is -2.32. The molecule has 1 spiro atoms. The zero-order valence-electron chi connectivity index (χ0n) is 28.8. The molecule has 2 aliphatic rings. The maximum Gasteiger partial charge on any atom is 0.143 e. The number of hydrogen-bond acceptors (Lipinski definition) is 2. The molecule has 1 unspecified atom stereocenters. The van der Waals surface area contributed by atoms with E-state index in [4.69, 9.17) is 4.42 Å². The minimum Gasteiger partial charge on any atom is -0.455 e. The minimum absolute atomic E-state index is 0.519. The molecule has 0 saturated carbocycles. The van der Waals surface area contributed by atoms with E-state index < -0.39 is 5.41 Å². The second-order valence-electron chi connectivity index (χ2n) is 14.4. The molecule has 246 valence electrons. The smallest absolute Gasteiger partial charge is 0.143 e. The third kappa shape index (κ3) is 3.72. The van der Waals surface area contributed by atoms with Crippen molar-refractivity contribution in [2.45, 2.75) is 5.41 Å². The van der Waals surface area contributed by atoms with Gasteiger partial charge >= 0.3 is 0 Å². The molecule has 2 nitrogen and oxygen atoms in total. The molecule has 0 amide bonds. The van der Waals surface area contributed by atoms with E-state index in [1.54, 1.807) is 0 Å². The van der Waals surface area contributed by atoms with Crippen LogP contribution in [-0.2, 0) is 5.41 Å². The highest BCUT2D eigenvalue weighted by Gasteiger charge is 2.52. The van der Waals surface area contributed by atoms with Crippen LogP contribution in [0, 0.1) is 0 Å². The third-order valence-electron chi connectivity index (χ3n) is 11.8. The van der Waals surface area contributed by atoms with Crippen molar-refractivity contribution in [1.29, 1.82) is 0 Å². The van der Waals surface area contributed by atoms with Crippen LogP contribution in [0.1, 0.15) is 22.3 Å². The molecule has 12 rings (SSSR count). The van der Waals surface area contributed by atoms with Crippen molar-refractivity contribution in [3.05, 3.63) is 210 Å². The van der Waals surface area contributed by atoms with Crippen molar-refractivity contribution in [2.24, 2.45) is 0 Å². The standard InChI is InChI=1S/C51H31NO/c1-2-15-33(16-3-1)52(47-30-32-14-4-5-17-35(32)36-18-6-7-20-39(36)47)34-26-27-38-37-19-8-11-23-43(37)51(46(38)31-34)44-24-12-9-22-42(44)49-45(51)29-28-41-40-21-10-13-25-48(40)53-50(41)49/h1-31H. The Balaban J connectivity index is 1.19. The van der Waals surface area contributed by atoms with Crippen molar-refractivity contribution in [1.82, 2.24) is 0 Å². The first kappa shape index (κ1) is 28.8. The summed E-state index contributed by atoms with van der Waals surface area (Å²) >= 11 is 0. The first-order valence-corrected chi connectivity index (χ1v) is 18.4. The van der Waals surface area contributed by atoms with E-state index in [2.05, 4.69) is 193 Å². The summed E-state index contributed by atoms with van der Waals surface area (Å²) in [4.78, 5) is 2.45. The Kier molecular flexibility index (Phi) is 5.73. The minimum atomic E-state index is -0.519. The van der Waals surface area contributed by atoms with E-state index in [-0.39, 0.29) is 0 Å². The maximum atomic E-state index is 6.78. The summed E-state index contributed by atoms with van der Waals surface area (Å²) in [6.07, 6.45) is 0. The Morgan fingerprint density at radius 2 is 1.02 bits per heavy atom. The monoisotopic (exact) mass is 673 g/mol. The number of anilines is 3. The Morgan fingerprint density at radius 1 is 0.377 bits per heavy atom. The lowest BCUT2D eigenvalue weighted by atomic mass is 9.70. The van der Waals surface area contributed by atoms with Crippen LogP contribution in [0.2, 0.25) is 0 Å². The molecule has 10 aromatic rings. The molecule has 53 heavy (non-hydrogen) atoms. The van der Waals surface area contributed by atoms with E-state index in [9.17, 15) is 0 Å². The van der Waals surface area contributed by atoms with Gasteiger partial charge in [0.05, 0.1) is 11.1 Å². The van der Waals surface area contributed by atoms with Gasteiger partial charge in [-0.3, -0.25) is 0 Å². The van der Waals surface area contributed by atoms with Gasteiger partial charge in [0.15, 0.2) is 0 Å². The van der Waals surface area contributed by atoms with E-state index in [0.29, 0.717) is 0 Å². The van der Waals surface area contributed by atoms with Gasteiger partial charge in [0.2, 0.25) is 0 Å². The van der Waals surface area contributed by atoms with Crippen molar-refractivity contribution in [2.75, 3.05) is 4.90 Å². The topological polar surface area (TPSA) is 16.4 Å². The van der Waals surface area contributed by atoms with Crippen LogP contribution >= 0.6 is 0 Å². The molecule has 2 heteroatoms. The molecule has 0 bridgehead atoms. The molecular formula is C51H31NO. The lowest BCUT2D eigenvalue weighted by molar-refractivity contribution is 0.669. The van der Waals surface area contributed by atoms with E-state index in [1.165, 1.54) is 66.1 Å². The summed E-state index contributed by atoms with van der Waals surface area (Å²) in [6, 6.07) is 69.0. The van der Waals surface area contributed by atoms with Crippen LogP contribution in [0.15, 0.2) is 192 Å². The molecule has 0 N–H and O–H groups in total. The number of para-hydroxylation sites is 2. The SMILES string of the molecule is c1ccc(N(c2ccc3c(c2)C2(c4ccccc4-3)c3ccccc3-c3c2ccc2c3oc3ccccc32)c2cc3ccccc3c3ccccc23)cc1. The second-order valence-corrected chi connectivity index (χ2v) is 14.4. The summed E-state index contributed by atoms with van der Waals surface area (Å²) in [5, 5.41) is 7.27.